The SMILES string of the molecule is CCNC(=NCc1cc(C(=O)OC)c(C)o1)NC(C)c1ccccc1. The second-order valence-corrected chi connectivity index (χ2v) is 5.65. The van der Waals surface area contributed by atoms with Gasteiger partial charge in [-0.25, -0.2) is 9.79 Å². The van der Waals surface area contributed by atoms with Gasteiger partial charge in [0.05, 0.1) is 13.2 Å². The monoisotopic (exact) mass is 343 g/mol. The van der Waals surface area contributed by atoms with Gasteiger partial charge in [-0.3, -0.25) is 0 Å². The smallest absolute Gasteiger partial charge is 0.341 e. The van der Waals surface area contributed by atoms with Crippen LogP contribution in [0.4, 0.5) is 0 Å². The van der Waals surface area contributed by atoms with E-state index in [2.05, 4.69) is 34.7 Å². The lowest BCUT2D eigenvalue weighted by atomic mass is 10.1. The van der Waals surface area contributed by atoms with Gasteiger partial charge >= 0.3 is 5.97 Å². The lowest BCUT2D eigenvalue weighted by molar-refractivity contribution is 0.0599. The zero-order chi connectivity index (χ0) is 18.2. The molecule has 134 valence electrons. The summed E-state index contributed by atoms with van der Waals surface area (Å²) >= 11 is 0. The highest BCUT2D eigenvalue weighted by atomic mass is 16.5. The fourth-order valence-corrected chi connectivity index (χ4v) is 2.44. The third kappa shape index (κ3) is 5.11. The van der Waals surface area contributed by atoms with E-state index in [0.717, 1.165) is 6.54 Å². The highest BCUT2D eigenvalue weighted by Crippen LogP contribution is 2.16. The quantitative estimate of drug-likeness (QED) is 0.479. The number of nitrogens with zero attached hydrogens (tertiary/aromatic N) is 1. The Morgan fingerprint density at radius 1 is 1.32 bits per heavy atom. The largest absolute Gasteiger partial charge is 0.465 e. The van der Waals surface area contributed by atoms with Crippen LogP contribution in [0.2, 0.25) is 0 Å². The number of carbonyl (C=O) groups excluding carboxylic acids is 1. The van der Waals surface area contributed by atoms with Crippen molar-refractivity contribution in [3.05, 3.63) is 59.0 Å². The van der Waals surface area contributed by atoms with Crippen molar-refractivity contribution < 1.29 is 13.9 Å². The summed E-state index contributed by atoms with van der Waals surface area (Å²) < 4.78 is 10.3. The molecule has 6 nitrogen and oxygen atoms in total. The van der Waals surface area contributed by atoms with Crippen LogP contribution in [0, 0.1) is 6.92 Å². The van der Waals surface area contributed by atoms with E-state index in [1.807, 2.05) is 25.1 Å². The molecule has 1 heterocycles. The highest BCUT2D eigenvalue weighted by molar-refractivity contribution is 5.90. The fraction of sp³-hybridized carbons (Fsp3) is 0.368. The van der Waals surface area contributed by atoms with E-state index in [1.54, 1.807) is 13.0 Å². The molecule has 25 heavy (non-hydrogen) atoms. The molecular formula is C19H25N3O3. The Balaban J connectivity index is 2.08. The molecule has 2 N–H and O–H groups in total. The van der Waals surface area contributed by atoms with Crippen LogP contribution in [0.5, 0.6) is 0 Å². The molecule has 0 fully saturated rings. The molecule has 0 amide bonds. The second kappa shape index (κ2) is 8.92. The van der Waals surface area contributed by atoms with Crippen molar-refractivity contribution >= 4 is 11.9 Å². The number of carbonyl (C=O) groups is 1. The van der Waals surface area contributed by atoms with Gasteiger partial charge in [0.1, 0.15) is 23.6 Å². The van der Waals surface area contributed by atoms with E-state index in [0.29, 0.717) is 29.6 Å². The molecule has 0 saturated heterocycles. The summed E-state index contributed by atoms with van der Waals surface area (Å²) in [5.41, 5.74) is 1.61. The molecule has 0 bridgehead atoms. The van der Waals surface area contributed by atoms with Gasteiger partial charge in [0.2, 0.25) is 0 Å². The van der Waals surface area contributed by atoms with Gasteiger partial charge in [-0.1, -0.05) is 30.3 Å². The molecule has 6 heteroatoms. The van der Waals surface area contributed by atoms with Crippen LogP contribution >= 0.6 is 0 Å². The first kappa shape index (κ1) is 18.6. The average molecular weight is 343 g/mol. The van der Waals surface area contributed by atoms with Crippen molar-refractivity contribution in [3.63, 3.8) is 0 Å². The molecule has 1 aromatic heterocycles. The molecule has 0 spiro atoms. The molecule has 1 aromatic carbocycles. The summed E-state index contributed by atoms with van der Waals surface area (Å²) in [7, 11) is 1.35. The molecule has 1 unspecified atom stereocenters. The highest BCUT2D eigenvalue weighted by Gasteiger charge is 2.15. The number of hydrogen-bond donors (Lipinski definition) is 2. The van der Waals surface area contributed by atoms with E-state index >= 15 is 0 Å². The number of hydrogen-bond acceptors (Lipinski definition) is 4. The van der Waals surface area contributed by atoms with Crippen molar-refractivity contribution in [2.24, 2.45) is 4.99 Å². The Morgan fingerprint density at radius 2 is 2.04 bits per heavy atom. The number of benzene rings is 1. The van der Waals surface area contributed by atoms with Crippen molar-refractivity contribution in [1.29, 1.82) is 0 Å². The summed E-state index contributed by atoms with van der Waals surface area (Å²) in [6, 6.07) is 11.9. The van der Waals surface area contributed by atoms with E-state index in [-0.39, 0.29) is 6.04 Å². The first-order valence-electron chi connectivity index (χ1n) is 8.32. The predicted octanol–water partition coefficient (Wildman–Crippen LogP) is 3.19. The van der Waals surface area contributed by atoms with Crippen LogP contribution in [0.1, 0.15) is 47.3 Å². The van der Waals surface area contributed by atoms with Gasteiger partial charge in [0, 0.05) is 6.54 Å². The van der Waals surface area contributed by atoms with Crippen LogP contribution < -0.4 is 10.6 Å². The molecule has 2 aromatic rings. The maximum Gasteiger partial charge on any atom is 0.341 e. The molecular weight excluding hydrogens is 318 g/mol. The first-order valence-corrected chi connectivity index (χ1v) is 8.32. The maximum atomic E-state index is 11.6. The second-order valence-electron chi connectivity index (χ2n) is 5.65. The van der Waals surface area contributed by atoms with Gasteiger partial charge in [0.15, 0.2) is 5.96 Å². The van der Waals surface area contributed by atoms with Crippen molar-refractivity contribution in [2.75, 3.05) is 13.7 Å². The van der Waals surface area contributed by atoms with Crippen LogP contribution in [-0.4, -0.2) is 25.6 Å². The summed E-state index contributed by atoms with van der Waals surface area (Å²) in [6.45, 7) is 6.90. The summed E-state index contributed by atoms with van der Waals surface area (Å²) in [5.74, 6) is 1.43. The Bertz CT molecular complexity index is 723. The van der Waals surface area contributed by atoms with Gasteiger partial charge in [-0.05, 0) is 32.4 Å². The van der Waals surface area contributed by atoms with Gasteiger partial charge in [0.25, 0.3) is 0 Å². The lowest BCUT2D eigenvalue weighted by Crippen LogP contribution is -2.38. The number of guanidine groups is 1. The summed E-state index contributed by atoms with van der Waals surface area (Å²) in [6.07, 6.45) is 0. The molecule has 0 aliphatic rings. The van der Waals surface area contributed by atoms with Gasteiger partial charge in [-0.15, -0.1) is 0 Å². The van der Waals surface area contributed by atoms with Crippen LogP contribution in [-0.2, 0) is 11.3 Å². The zero-order valence-electron chi connectivity index (χ0n) is 15.1. The number of ether oxygens (including phenoxy) is 1. The van der Waals surface area contributed by atoms with Gasteiger partial charge in [-0.2, -0.15) is 0 Å². The van der Waals surface area contributed by atoms with Crippen LogP contribution in [0.25, 0.3) is 0 Å². The number of furan rings is 1. The van der Waals surface area contributed by atoms with E-state index < -0.39 is 5.97 Å². The van der Waals surface area contributed by atoms with E-state index in [9.17, 15) is 4.79 Å². The molecule has 0 radical (unpaired) electrons. The number of esters is 1. The summed E-state index contributed by atoms with van der Waals surface area (Å²) in [5, 5.41) is 6.58. The number of rotatable bonds is 6. The third-order valence-corrected chi connectivity index (χ3v) is 3.76. The number of aryl methyl sites for hydroxylation is 1. The topological polar surface area (TPSA) is 75.9 Å². The molecule has 0 aliphatic heterocycles. The minimum Gasteiger partial charge on any atom is -0.465 e. The maximum absolute atomic E-state index is 11.6. The van der Waals surface area contributed by atoms with Crippen molar-refractivity contribution in [1.82, 2.24) is 10.6 Å². The Morgan fingerprint density at radius 3 is 2.68 bits per heavy atom. The number of nitrogens with one attached hydrogen (secondary N) is 2. The molecule has 0 aliphatic carbocycles. The Kier molecular flexibility index (Phi) is 6.62. The van der Waals surface area contributed by atoms with E-state index in [4.69, 9.17) is 9.15 Å². The normalized spacial score (nSPS) is 12.6. The molecule has 0 saturated carbocycles. The first-order chi connectivity index (χ1) is 12.0. The molecule has 2 rings (SSSR count). The number of methoxy groups -OCH3 is 1. The van der Waals surface area contributed by atoms with Crippen molar-refractivity contribution in [2.45, 2.75) is 33.4 Å². The number of aliphatic imine (C=N–C) groups is 1. The predicted molar refractivity (Wildman–Crippen MR) is 97.6 cm³/mol. The standard InChI is InChI=1S/C19H25N3O3/c1-5-20-19(22-13(2)15-9-7-6-8-10-15)21-12-16-11-17(14(3)25-16)18(23)24-4/h6-11,13H,5,12H2,1-4H3,(H2,20,21,22). The van der Waals surface area contributed by atoms with Crippen molar-refractivity contribution in [3.8, 4) is 0 Å². The third-order valence-electron chi connectivity index (χ3n) is 3.76. The van der Waals surface area contributed by atoms with Crippen LogP contribution in [0.15, 0.2) is 45.8 Å². The zero-order valence-corrected chi connectivity index (χ0v) is 15.1. The van der Waals surface area contributed by atoms with Crippen LogP contribution in [0.3, 0.4) is 0 Å². The minimum atomic E-state index is -0.404. The average Bonchev–Trinajstić information content (AvgIpc) is 3.00. The lowest BCUT2D eigenvalue weighted by Gasteiger charge is -2.18. The fourth-order valence-electron chi connectivity index (χ4n) is 2.44. The van der Waals surface area contributed by atoms with Gasteiger partial charge < -0.3 is 19.8 Å². The molecule has 1 atom stereocenters. The summed E-state index contributed by atoms with van der Waals surface area (Å²) in [4.78, 5) is 16.2. The van der Waals surface area contributed by atoms with E-state index in [1.165, 1.54) is 12.7 Å². The minimum absolute atomic E-state index is 0.114. The Labute approximate surface area is 148 Å². The Hall–Kier alpha value is -2.76.